The molecule has 2 nitrogen and oxygen atoms in total. The highest BCUT2D eigenvalue weighted by Gasteiger charge is 2.01. The third kappa shape index (κ3) is 4.49. The molecule has 0 aliphatic heterocycles. The molecule has 1 aromatic rings. The summed E-state index contributed by atoms with van der Waals surface area (Å²) >= 11 is 5.53. The second-order valence-corrected chi connectivity index (χ2v) is 3.38. The molecule has 0 fully saturated rings. The van der Waals surface area contributed by atoms with Gasteiger partial charge in [0, 0.05) is 25.7 Å². The highest BCUT2D eigenvalue weighted by atomic mass is 35.5. The molecule has 84 valence electrons. The second-order valence-electron chi connectivity index (χ2n) is 2.97. The van der Waals surface area contributed by atoms with Gasteiger partial charge in [-0.05, 0) is 19.1 Å². The van der Waals surface area contributed by atoms with Crippen molar-refractivity contribution in [2.24, 2.45) is 0 Å². The van der Waals surface area contributed by atoms with E-state index >= 15 is 0 Å². The lowest BCUT2D eigenvalue weighted by Crippen LogP contribution is -2.02. The number of hydrogen-bond donors (Lipinski definition) is 0. The standard InChI is InChI=1S/C11H14ClFO2/c1-2-14-6-3-7-15-9-4-5-10(12)11(13)8-9/h4-5,8H,2-3,6-7H2,1H3. The van der Waals surface area contributed by atoms with E-state index in [1.165, 1.54) is 12.1 Å². The van der Waals surface area contributed by atoms with Gasteiger partial charge in [-0.25, -0.2) is 4.39 Å². The van der Waals surface area contributed by atoms with Crippen molar-refractivity contribution >= 4 is 11.6 Å². The van der Waals surface area contributed by atoms with E-state index in [0.29, 0.717) is 25.6 Å². The fraction of sp³-hybridized carbons (Fsp3) is 0.455. The SMILES string of the molecule is CCOCCCOc1ccc(Cl)c(F)c1. The summed E-state index contributed by atoms with van der Waals surface area (Å²) in [7, 11) is 0. The molecule has 0 aliphatic rings. The highest BCUT2D eigenvalue weighted by molar-refractivity contribution is 6.30. The Hall–Kier alpha value is -0.800. The smallest absolute Gasteiger partial charge is 0.145 e. The average Bonchev–Trinajstić information content (AvgIpc) is 2.23. The molecule has 0 saturated carbocycles. The summed E-state index contributed by atoms with van der Waals surface area (Å²) in [4.78, 5) is 0. The summed E-state index contributed by atoms with van der Waals surface area (Å²) in [6.45, 7) is 3.82. The van der Waals surface area contributed by atoms with E-state index < -0.39 is 5.82 Å². The van der Waals surface area contributed by atoms with Crippen molar-refractivity contribution in [2.45, 2.75) is 13.3 Å². The maximum atomic E-state index is 13.0. The molecule has 0 bridgehead atoms. The average molecular weight is 233 g/mol. The predicted octanol–water partition coefficient (Wildman–Crippen LogP) is 3.28. The first-order chi connectivity index (χ1) is 7.24. The Morgan fingerprint density at radius 3 is 2.80 bits per heavy atom. The summed E-state index contributed by atoms with van der Waals surface area (Å²) in [5.74, 6) is 0.0346. The maximum absolute atomic E-state index is 13.0. The van der Waals surface area contributed by atoms with Crippen LogP contribution in [0.25, 0.3) is 0 Å². The molecule has 0 spiro atoms. The summed E-state index contributed by atoms with van der Waals surface area (Å²) < 4.78 is 23.4. The van der Waals surface area contributed by atoms with Gasteiger partial charge in [-0.3, -0.25) is 0 Å². The molecule has 1 aromatic carbocycles. The fourth-order valence-electron chi connectivity index (χ4n) is 1.06. The van der Waals surface area contributed by atoms with Gasteiger partial charge in [-0.15, -0.1) is 0 Å². The minimum atomic E-state index is -0.459. The molecule has 15 heavy (non-hydrogen) atoms. The molecule has 0 heterocycles. The zero-order valence-electron chi connectivity index (χ0n) is 8.63. The van der Waals surface area contributed by atoms with Crippen LogP contribution in [0.15, 0.2) is 18.2 Å². The van der Waals surface area contributed by atoms with Crippen LogP contribution in [0.5, 0.6) is 5.75 Å². The van der Waals surface area contributed by atoms with Gasteiger partial charge in [-0.1, -0.05) is 11.6 Å². The molecule has 4 heteroatoms. The van der Waals surface area contributed by atoms with Crippen LogP contribution >= 0.6 is 11.6 Å². The minimum Gasteiger partial charge on any atom is -0.493 e. The van der Waals surface area contributed by atoms with Crippen LogP contribution in [0.1, 0.15) is 13.3 Å². The zero-order chi connectivity index (χ0) is 11.1. The lowest BCUT2D eigenvalue weighted by atomic mass is 10.3. The molecular weight excluding hydrogens is 219 g/mol. The van der Waals surface area contributed by atoms with Gasteiger partial charge in [0.25, 0.3) is 0 Å². The first-order valence-electron chi connectivity index (χ1n) is 4.89. The van der Waals surface area contributed by atoms with E-state index in [1.807, 2.05) is 6.92 Å². The largest absolute Gasteiger partial charge is 0.493 e. The molecule has 0 N–H and O–H groups in total. The maximum Gasteiger partial charge on any atom is 0.145 e. The molecule has 0 amide bonds. The predicted molar refractivity (Wildman–Crippen MR) is 58.0 cm³/mol. The second kappa shape index (κ2) is 6.64. The highest BCUT2D eigenvalue weighted by Crippen LogP contribution is 2.20. The topological polar surface area (TPSA) is 18.5 Å². The van der Waals surface area contributed by atoms with Gasteiger partial charge in [0.05, 0.1) is 11.6 Å². The summed E-state index contributed by atoms with van der Waals surface area (Å²) in [6.07, 6.45) is 0.790. The van der Waals surface area contributed by atoms with Crippen molar-refractivity contribution in [3.05, 3.63) is 29.0 Å². The van der Waals surface area contributed by atoms with Crippen molar-refractivity contribution in [3.63, 3.8) is 0 Å². The first-order valence-corrected chi connectivity index (χ1v) is 5.27. The number of rotatable bonds is 6. The summed E-state index contributed by atoms with van der Waals surface area (Å²) in [5, 5.41) is 0.108. The van der Waals surface area contributed by atoms with Crippen LogP contribution < -0.4 is 4.74 Å². The van der Waals surface area contributed by atoms with Gasteiger partial charge in [0.2, 0.25) is 0 Å². The Balaban J connectivity index is 2.28. The van der Waals surface area contributed by atoms with Crippen molar-refractivity contribution < 1.29 is 13.9 Å². The van der Waals surface area contributed by atoms with E-state index in [1.54, 1.807) is 6.07 Å². The number of hydrogen-bond acceptors (Lipinski definition) is 2. The summed E-state index contributed by atoms with van der Waals surface area (Å²) in [5.41, 5.74) is 0. The third-order valence-corrected chi connectivity index (χ3v) is 2.10. The quantitative estimate of drug-likeness (QED) is 0.701. The Labute approximate surface area is 94.0 Å². The fourth-order valence-corrected chi connectivity index (χ4v) is 1.18. The Kier molecular flexibility index (Phi) is 5.43. The van der Waals surface area contributed by atoms with E-state index in [-0.39, 0.29) is 5.02 Å². The van der Waals surface area contributed by atoms with Crippen LogP contribution in [0, 0.1) is 5.82 Å². The van der Waals surface area contributed by atoms with Gasteiger partial charge >= 0.3 is 0 Å². The normalized spacial score (nSPS) is 10.3. The molecule has 0 saturated heterocycles. The monoisotopic (exact) mass is 232 g/mol. The van der Waals surface area contributed by atoms with Crippen LogP contribution in [0.2, 0.25) is 5.02 Å². The first kappa shape index (κ1) is 12.3. The van der Waals surface area contributed by atoms with Crippen molar-refractivity contribution in [1.82, 2.24) is 0 Å². The number of ether oxygens (including phenoxy) is 2. The zero-order valence-corrected chi connectivity index (χ0v) is 9.39. The molecule has 1 rings (SSSR count). The third-order valence-electron chi connectivity index (χ3n) is 1.80. The molecule has 0 aromatic heterocycles. The molecule has 0 aliphatic carbocycles. The van der Waals surface area contributed by atoms with Crippen LogP contribution in [0.3, 0.4) is 0 Å². The van der Waals surface area contributed by atoms with Gasteiger partial charge in [0.15, 0.2) is 0 Å². The summed E-state index contributed by atoms with van der Waals surface area (Å²) in [6, 6.07) is 4.41. The molecule has 0 radical (unpaired) electrons. The molecule has 0 unspecified atom stereocenters. The molecule has 0 atom stereocenters. The lowest BCUT2D eigenvalue weighted by Gasteiger charge is -2.06. The minimum absolute atomic E-state index is 0.108. The van der Waals surface area contributed by atoms with E-state index in [4.69, 9.17) is 21.1 Å². The van der Waals surface area contributed by atoms with E-state index in [2.05, 4.69) is 0 Å². The van der Waals surface area contributed by atoms with Crippen molar-refractivity contribution in [3.8, 4) is 5.75 Å². The van der Waals surface area contributed by atoms with E-state index in [9.17, 15) is 4.39 Å². The van der Waals surface area contributed by atoms with Crippen LogP contribution in [0.4, 0.5) is 4.39 Å². The number of halogens is 2. The van der Waals surface area contributed by atoms with Gasteiger partial charge in [0.1, 0.15) is 11.6 Å². The Bertz CT molecular complexity index is 305. The Morgan fingerprint density at radius 2 is 2.13 bits per heavy atom. The molecular formula is C11H14ClFO2. The van der Waals surface area contributed by atoms with Crippen LogP contribution in [-0.4, -0.2) is 19.8 Å². The Morgan fingerprint density at radius 1 is 1.33 bits per heavy atom. The van der Waals surface area contributed by atoms with Crippen LogP contribution in [-0.2, 0) is 4.74 Å². The van der Waals surface area contributed by atoms with Gasteiger partial charge < -0.3 is 9.47 Å². The lowest BCUT2D eigenvalue weighted by molar-refractivity contribution is 0.131. The van der Waals surface area contributed by atoms with Crippen molar-refractivity contribution in [1.29, 1.82) is 0 Å². The van der Waals surface area contributed by atoms with E-state index in [0.717, 1.165) is 6.42 Å². The van der Waals surface area contributed by atoms with Gasteiger partial charge in [-0.2, -0.15) is 0 Å². The van der Waals surface area contributed by atoms with Crippen molar-refractivity contribution in [2.75, 3.05) is 19.8 Å². The number of benzene rings is 1.